The summed E-state index contributed by atoms with van der Waals surface area (Å²) in [6.45, 7) is 5.10. The number of benzene rings is 1. The lowest BCUT2D eigenvalue weighted by Crippen LogP contribution is -2.10. The van der Waals surface area contributed by atoms with Gasteiger partial charge in [-0.15, -0.1) is 0 Å². The summed E-state index contributed by atoms with van der Waals surface area (Å²) < 4.78 is 7.03. The van der Waals surface area contributed by atoms with Crippen molar-refractivity contribution in [3.63, 3.8) is 0 Å². The molecule has 0 aliphatic rings. The van der Waals surface area contributed by atoms with E-state index >= 15 is 0 Å². The summed E-state index contributed by atoms with van der Waals surface area (Å²) in [6.07, 6.45) is -0.191. The smallest absolute Gasteiger partial charge is 0.0849 e. The van der Waals surface area contributed by atoms with Crippen molar-refractivity contribution in [3.8, 4) is 0 Å². The molecule has 0 bridgehead atoms. The van der Waals surface area contributed by atoms with Gasteiger partial charge in [0.1, 0.15) is 0 Å². The van der Waals surface area contributed by atoms with Crippen LogP contribution < -0.4 is 0 Å². The quantitative estimate of drug-likeness (QED) is 0.891. The minimum absolute atomic E-state index is 0.439. The van der Waals surface area contributed by atoms with Crippen LogP contribution in [0.4, 0.5) is 0 Å². The van der Waals surface area contributed by atoms with Gasteiger partial charge in [0, 0.05) is 20.1 Å². The molecule has 5 heteroatoms. The molecule has 0 amide bonds. The van der Waals surface area contributed by atoms with Gasteiger partial charge in [0.2, 0.25) is 0 Å². The zero-order chi connectivity index (χ0) is 15.4. The first-order valence-corrected chi connectivity index (χ1v) is 7.42. The first-order valence-electron chi connectivity index (χ1n) is 7.05. The Morgan fingerprint density at radius 3 is 2.76 bits per heavy atom. The van der Waals surface area contributed by atoms with Crippen LogP contribution in [0.3, 0.4) is 0 Å². The van der Waals surface area contributed by atoms with E-state index in [2.05, 4.69) is 5.10 Å². The normalized spacial score (nSPS) is 12.6. The Kier molecular flexibility index (Phi) is 5.39. The van der Waals surface area contributed by atoms with Crippen molar-refractivity contribution in [2.75, 3.05) is 7.11 Å². The number of aromatic nitrogens is 2. The van der Waals surface area contributed by atoms with Gasteiger partial charge in [-0.25, -0.2) is 0 Å². The van der Waals surface area contributed by atoms with Gasteiger partial charge in [-0.05, 0) is 25.0 Å². The topological polar surface area (TPSA) is 47.3 Å². The van der Waals surface area contributed by atoms with Gasteiger partial charge in [0.15, 0.2) is 0 Å². The predicted octanol–water partition coefficient (Wildman–Crippen LogP) is 3.29. The van der Waals surface area contributed by atoms with E-state index < -0.39 is 6.10 Å². The molecular weight excluding hydrogens is 288 g/mol. The van der Waals surface area contributed by atoms with E-state index in [4.69, 9.17) is 16.3 Å². The lowest BCUT2D eigenvalue weighted by atomic mass is 9.99. The second-order valence-corrected chi connectivity index (χ2v) is 5.39. The molecule has 0 aliphatic heterocycles. The SMILES string of the molecule is CCn1nc(C)c(Cl)c1CC(O)c1ccccc1COC. The molecule has 0 aliphatic carbocycles. The van der Waals surface area contributed by atoms with Crippen molar-refractivity contribution in [2.24, 2.45) is 0 Å². The molecule has 4 nitrogen and oxygen atoms in total. The first kappa shape index (κ1) is 16.0. The van der Waals surface area contributed by atoms with Crippen LogP contribution >= 0.6 is 11.6 Å². The van der Waals surface area contributed by atoms with Gasteiger partial charge in [-0.3, -0.25) is 4.68 Å². The summed E-state index contributed by atoms with van der Waals surface area (Å²) in [5, 5.41) is 15.6. The highest BCUT2D eigenvalue weighted by Gasteiger charge is 2.19. The molecule has 1 heterocycles. The van der Waals surface area contributed by atoms with Crippen molar-refractivity contribution in [2.45, 2.75) is 39.5 Å². The van der Waals surface area contributed by atoms with Crippen LogP contribution in [-0.2, 0) is 24.3 Å². The molecule has 0 fully saturated rings. The fourth-order valence-electron chi connectivity index (χ4n) is 2.50. The summed E-state index contributed by atoms with van der Waals surface area (Å²) >= 11 is 6.31. The van der Waals surface area contributed by atoms with Gasteiger partial charge in [0.25, 0.3) is 0 Å². The number of hydrogen-bond donors (Lipinski definition) is 1. The third kappa shape index (κ3) is 3.46. The molecule has 2 rings (SSSR count). The minimum Gasteiger partial charge on any atom is -0.388 e. The maximum absolute atomic E-state index is 10.6. The Labute approximate surface area is 130 Å². The van der Waals surface area contributed by atoms with E-state index in [0.717, 1.165) is 29.1 Å². The number of aliphatic hydroxyl groups is 1. The second-order valence-electron chi connectivity index (χ2n) is 5.01. The summed E-state index contributed by atoms with van der Waals surface area (Å²) in [4.78, 5) is 0. The zero-order valence-corrected chi connectivity index (χ0v) is 13.4. The third-order valence-corrected chi connectivity index (χ3v) is 4.05. The molecule has 114 valence electrons. The Bertz CT molecular complexity index is 610. The standard InChI is InChI=1S/C16H21ClN2O2/c1-4-19-14(16(17)11(2)18-19)9-15(20)13-8-6-5-7-12(13)10-21-3/h5-8,15,20H,4,9-10H2,1-3H3. The molecule has 0 saturated heterocycles. The van der Waals surface area contributed by atoms with E-state index in [9.17, 15) is 5.11 Å². The van der Waals surface area contributed by atoms with Gasteiger partial charge in [-0.2, -0.15) is 5.10 Å². The molecular formula is C16H21ClN2O2. The van der Waals surface area contributed by atoms with Gasteiger partial charge in [-0.1, -0.05) is 35.9 Å². The van der Waals surface area contributed by atoms with Crippen LogP contribution in [0.2, 0.25) is 5.02 Å². The summed E-state index contributed by atoms with van der Waals surface area (Å²) in [5.74, 6) is 0. The van der Waals surface area contributed by atoms with Crippen LogP contribution in [0, 0.1) is 6.92 Å². The number of ether oxygens (including phenoxy) is 1. The van der Waals surface area contributed by atoms with Gasteiger partial charge < -0.3 is 9.84 Å². The summed E-state index contributed by atoms with van der Waals surface area (Å²) in [5.41, 5.74) is 3.53. The third-order valence-electron chi connectivity index (χ3n) is 3.55. The fraction of sp³-hybridized carbons (Fsp3) is 0.438. The van der Waals surface area contributed by atoms with E-state index in [-0.39, 0.29) is 0 Å². The highest BCUT2D eigenvalue weighted by atomic mass is 35.5. The lowest BCUT2D eigenvalue weighted by molar-refractivity contribution is 0.160. The van der Waals surface area contributed by atoms with Crippen LogP contribution in [-0.4, -0.2) is 22.0 Å². The molecule has 0 spiro atoms. The number of aliphatic hydroxyl groups excluding tert-OH is 1. The molecule has 0 radical (unpaired) electrons. The van der Waals surface area contributed by atoms with Crippen LogP contribution in [0.1, 0.15) is 35.5 Å². The van der Waals surface area contributed by atoms with E-state index in [1.165, 1.54) is 0 Å². The van der Waals surface area contributed by atoms with Crippen molar-refractivity contribution in [1.82, 2.24) is 9.78 Å². The average Bonchev–Trinajstić information content (AvgIpc) is 2.76. The van der Waals surface area contributed by atoms with E-state index in [0.29, 0.717) is 18.1 Å². The summed E-state index contributed by atoms with van der Waals surface area (Å²) in [6, 6.07) is 7.75. The minimum atomic E-state index is -0.629. The van der Waals surface area contributed by atoms with Crippen LogP contribution in [0.15, 0.2) is 24.3 Å². The Morgan fingerprint density at radius 2 is 2.10 bits per heavy atom. The number of halogens is 1. The molecule has 1 unspecified atom stereocenters. The monoisotopic (exact) mass is 308 g/mol. The molecule has 1 aromatic carbocycles. The predicted molar refractivity (Wildman–Crippen MR) is 83.5 cm³/mol. The fourth-order valence-corrected chi connectivity index (χ4v) is 2.72. The number of rotatable bonds is 6. The second kappa shape index (κ2) is 7.07. The molecule has 2 aromatic rings. The molecule has 1 N–H and O–H groups in total. The Morgan fingerprint density at radius 1 is 1.38 bits per heavy atom. The van der Waals surface area contributed by atoms with Crippen molar-refractivity contribution in [1.29, 1.82) is 0 Å². The molecule has 1 aromatic heterocycles. The highest BCUT2D eigenvalue weighted by molar-refractivity contribution is 6.31. The zero-order valence-electron chi connectivity index (χ0n) is 12.6. The lowest BCUT2D eigenvalue weighted by Gasteiger charge is -2.16. The highest BCUT2D eigenvalue weighted by Crippen LogP contribution is 2.27. The van der Waals surface area contributed by atoms with Crippen molar-refractivity contribution in [3.05, 3.63) is 51.8 Å². The number of methoxy groups -OCH3 is 1. The molecule has 21 heavy (non-hydrogen) atoms. The number of hydrogen-bond acceptors (Lipinski definition) is 3. The average molecular weight is 309 g/mol. The van der Waals surface area contributed by atoms with Gasteiger partial charge in [0.05, 0.1) is 29.1 Å². The first-order chi connectivity index (χ1) is 10.1. The van der Waals surface area contributed by atoms with Crippen LogP contribution in [0.5, 0.6) is 0 Å². The molecule has 1 atom stereocenters. The van der Waals surface area contributed by atoms with Crippen molar-refractivity contribution < 1.29 is 9.84 Å². The largest absolute Gasteiger partial charge is 0.388 e. The van der Waals surface area contributed by atoms with E-state index in [1.807, 2.05) is 42.8 Å². The number of aryl methyl sites for hydroxylation is 2. The Balaban J connectivity index is 2.28. The number of nitrogens with zero attached hydrogens (tertiary/aromatic N) is 2. The summed E-state index contributed by atoms with van der Waals surface area (Å²) in [7, 11) is 1.65. The Hall–Kier alpha value is -1.36. The van der Waals surface area contributed by atoms with Gasteiger partial charge >= 0.3 is 0 Å². The van der Waals surface area contributed by atoms with Crippen molar-refractivity contribution >= 4 is 11.6 Å². The maximum atomic E-state index is 10.6. The van der Waals surface area contributed by atoms with Crippen LogP contribution in [0.25, 0.3) is 0 Å². The maximum Gasteiger partial charge on any atom is 0.0849 e. The van der Waals surface area contributed by atoms with E-state index in [1.54, 1.807) is 7.11 Å². The molecule has 0 saturated carbocycles.